The average Bonchev–Trinajstić information content (AvgIpc) is 2.22. The Morgan fingerprint density at radius 3 is 2.65 bits per heavy atom. The Labute approximate surface area is 103 Å². The van der Waals surface area contributed by atoms with Gasteiger partial charge in [-0.15, -0.1) is 0 Å². The van der Waals surface area contributed by atoms with Crippen LogP contribution in [0, 0.1) is 5.92 Å². The number of rotatable bonds is 4. The third-order valence-corrected chi connectivity index (χ3v) is 3.70. The minimum absolute atomic E-state index is 0.124. The van der Waals surface area contributed by atoms with Gasteiger partial charge in [-0.2, -0.15) is 0 Å². The highest BCUT2D eigenvalue weighted by molar-refractivity contribution is 5.53. The third kappa shape index (κ3) is 2.72. The fourth-order valence-corrected chi connectivity index (χ4v) is 2.32. The highest BCUT2D eigenvalue weighted by Crippen LogP contribution is 2.31. The summed E-state index contributed by atoms with van der Waals surface area (Å²) in [5.74, 6) is 1.13. The fraction of sp³-hybridized carbons (Fsp3) is 0.571. The van der Waals surface area contributed by atoms with E-state index < -0.39 is 0 Å². The molecule has 0 heterocycles. The Hall–Kier alpha value is -1.22. The van der Waals surface area contributed by atoms with Crippen molar-refractivity contribution in [2.75, 3.05) is 18.5 Å². The largest absolute Gasteiger partial charge is 0.508 e. The molecule has 1 aromatic carbocycles. The standard InChI is InChI=1S/C14H22N2O/c1-10(15)13-7-6-12(8-14(13)17)16(2)9-11-4-3-5-11/h6-8,10-11,17H,3-5,9,15H2,1-2H3. The van der Waals surface area contributed by atoms with Gasteiger partial charge in [-0.3, -0.25) is 0 Å². The fourth-order valence-electron chi connectivity index (χ4n) is 2.32. The lowest BCUT2D eigenvalue weighted by atomic mass is 9.85. The maximum Gasteiger partial charge on any atom is 0.122 e. The molecule has 0 saturated heterocycles. The quantitative estimate of drug-likeness (QED) is 0.842. The van der Waals surface area contributed by atoms with E-state index in [9.17, 15) is 5.11 Å². The molecule has 1 fully saturated rings. The van der Waals surface area contributed by atoms with Crippen molar-refractivity contribution >= 4 is 5.69 Å². The summed E-state index contributed by atoms with van der Waals surface area (Å²) in [6.07, 6.45) is 4.05. The summed E-state index contributed by atoms with van der Waals surface area (Å²) in [7, 11) is 2.08. The first-order valence-corrected chi connectivity index (χ1v) is 6.37. The second-order valence-corrected chi connectivity index (χ2v) is 5.21. The van der Waals surface area contributed by atoms with Crippen LogP contribution in [0.15, 0.2) is 18.2 Å². The highest BCUT2D eigenvalue weighted by atomic mass is 16.3. The molecule has 0 amide bonds. The van der Waals surface area contributed by atoms with Gasteiger partial charge in [0, 0.05) is 37.0 Å². The number of anilines is 1. The molecule has 1 aromatic rings. The van der Waals surface area contributed by atoms with Crippen molar-refractivity contribution in [1.29, 1.82) is 0 Å². The first-order valence-electron chi connectivity index (χ1n) is 6.37. The smallest absolute Gasteiger partial charge is 0.122 e. The first-order chi connectivity index (χ1) is 8.08. The molecule has 3 heteroatoms. The minimum atomic E-state index is -0.124. The Morgan fingerprint density at radius 2 is 2.18 bits per heavy atom. The van der Waals surface area contributed by atoms with Gasteiger partial charge in [-0.25, -0.2) is 0 Å². The van der Waals surface area contributed by atoms with Gasteiger partial charge in [0.05, 0.1) is 0 Å². The summed E-state index contributed by atoms with van der Waals surface area (Å²) in [6.45, 7) is 2.96. The topological polar surface area (TPSA) is 49.5 Å². The number of phenolic OH excluding ortho intramolecular Hbond substituents is 1. The number of nitrogens with two attached hydrogens (primary N) is 1. The highest BCUT2D eigenvalue weighted by Gasteiger charge is 2.19. The maximum atomic E-state index is 9.91. The van der Waals surface area contributed by atoms with Gasteiger partial charge < -0.3 is 15.7 Å². The van der Waals surface area contributed by atoms with Crippen LogP contribution >= 0.6 is 0 Å². The van der Waals surface area contributed by atoms with Gasteiger partial charge in [0.15, 0.2) is 0 Å². The molecule has 17 heavy (non-hydrogen) atoms. The normalized spacial score (nSPS) is 17.6. The van der Waals surface area contributed by atoms with Crippen molar-refractivity contribution in [1.82, 2.24) is 0 Å². The number of aromatic hydroxyl groups is 1. The molecule has 1 saturated carbocycles. The summed E-state index contributed by atoms with van der Waals surface area (Å²) in [4.78, 5) is 2.22. The SMILES string of the molecule is CC(N)c1ccc(N(C)CC2CCC2)cc1O. The number of benzene rings is 1. The Balaban J connectivity index is 2.07. The Bertz CT molecular complexity index is 386. The molecule has 1 unspecified atom stereocenters. The molecule has 0 aromatic heterocycles. The van der Waals surface area contributed by atoms with E-state index in [0.29, 0.717) is 5.75 Å². The zero-order valence-electron chi connectivity index (χ0n) is 10.7. The molecular formula is C14H22N2O. The van der Waals surface area contributed by atoms with E-state index in [4.69, 9.17) is 5.73 Å². The summed E-state index contributed by atoms with van der Waals surface area (Å²) < 4.78 is 0. The van der Waals surface area contributed by atoms with Crippen LogP contribution in [-0.4, -0.2) is 18.7 Å². The van der Waals surface area contributed by atoms with Crippen molar-refractivity contribution in [3.8, 4) is 5.75 Å². The summed E-state index contributed by atoms with van der Waals surface area (Å²) >= 11 is 0. The van der Waals surface area contributed by atoms with E-state index in [1.165, 1.54) is 19.3 Å². The molecule has 2 rings (SSSR count). The molecular weight excluding hydrogens is 212 g/mol. The van der Waals surface area contributed by atoms with Crippen LogP contribution in [-0.2, 0) is 0 Å². The van der Waals surface area contributed by atoms with Crippen LogP contribution in [0.2, 0.25) is 0 Å². The molecule has 0 radical (unpaired) electrons. The molecule has 94 valence electrons. The monoisotopic (exact) mass is 234 g/mol. The maximum absolute atomic E-state index is 9.91. The molecule has 0 aliphatic heterocycles. The van der Waals surface area contributed by atoms with Crippen LogP contribution in [0.3, 0.4) is 0 Å². The van der Waals surface area contributed by atoms with E-state index in [-0.39, 0.29) is 6.04 Å². The van der Waals surface area contributed by atoms with E-state index in [2.05, 4.69) is 11.9 Å². The van der Waals surface area contributed by atoms with Crippen molar-refractivity contribution < 1.29 is 5.11 Å². The molecule has 3 N–H and O–H groups in total. The summed E-state index contributed by atoms with van der Waals surface area (Å²) in [6, 6.07) is 5.65. The third-order valence-electron chi connectivity index (χ3n) is 3.70. The van der Waals surface area contributed by atoms with Crippen molar-refractivity contribution in [2.24, 2.45) is 11.7 Å². The number of hydrogen-bond donors (Lipinski definition) is 2. The zero-order chi connectivity index (χ0) is 12.4. The zero-order valence-corrected chi connectivity index (χ0v) is 10.7. The van der Waals surface area contributed by atoms with Crippen LogP contribution in [0.5, 0.6) is 5.75 Å². The van der Waals surface area contributed by atoms with Crippen LogP contribution < -0.4 is 10.6 Å². The average molecular weight is 234 g/mol. The van der Waals surface area contributed by atoms with Crippen molar-refractivity contribution in [3.63, 3.8) is 0 Å². The lowest BCUT2D eigenvalue weighted by Gasteiger charge is -2.31. The number of phenols is 1. The van der Waals surface area contributed by atoms with E-state index in [1.807, 2.05) is 25.1 Å². The first kappa shape index (κ1) is 12.2. The number of hydrogen-bond acceptors (Lipinski definition) is 3. The van der Waals surface area contributed by atoms with Crippen LogP contribution in [0.4, 0.5) is 5.69 Å². The molecule has 1 aliphatic carbocycles. The Morgan fingerprint density at radius 1 is 1.47 bits per heavy atom. The van der Waals surface area contributed by atoms with E-state index in [0.717, 1.165) is 23.7 Å². The molecule has 1 atom stereocenters. The molecule has 1 aliphatic rings. The van der Waals surface area contributed by atoms with Gasteiger partial charge in [0.2, 0.25) is 0 Å². The predicted octanol–water partition coefficient (Wildman–Crippen LogP) is 2.65. The second-order valence-electron chi connectivity index (χ2n) is 5.21. The van der Waals surface area contributed by atoms with Gasteiger partial charge in [-0.05, 0) is 31.7 Å². The second kappa shape index (κ2) is 4.96. The van der Waals surface area contributed by atoms with E-state index in [1.54, 1.807) is 0 Å². The van der Waals surface area contributed by atoms with Gasteiger partial charge in [-0.1, -0.05) is 12.5 Å². The molecule has 0 spiro atoms. The predicted molar refractivity (Wildman–Crippen MR) is 71.3 cm³/mol. The lowest BCUT2D eigenvalue weighted by molar-refractivity contribution is 0.321. The van der Waals surface area contributed by atoms with E-state index >= 15 is 0 Å². The molecule has 3 nitrogen and oxygen atoms in total. The lowest BCUT2D eigenvalue weighted by Crippen LogP contribution is -2.29. The minimum Gasteiger partial charge on any atom is -0.508 e. The van der Waals surface area contributed by atoms with Gasteiger partial charge >= 0.3 is 0 Å². The van der Waals surface area contributed by atoms with Gasteiger partial charge in [0.1, 0.15) is 5.75 Å². The van der Waals surface area contributed by atoms with Crippen molar-refractivity contribution in [3.05, 3.63) is 23.8 Å². The molecule has 0 bridgehead atoms. The summed E-state index contributed by atoms with van der Waals surface area (Å²) in [5, 5.41) is 9.91. The van der Waals surface area contributed by atoms with Gasteiger partial charge in [0.25, 0.3) is 0 Å². The van der Waals surface area contributed by atoms with Crippen molar-refractivity contribution in [2.45, 2.75) is 32.2 Å². The Kier molecular flexibility index (Phi) is 3.57. The number of nitrogens with zero attached hydrogens (tertiary/aromatic N) is 1. The summed E-state index contributed by atoms with van der Waals surface area (Å²) in [5.41, 5.74) is 7.66. The van der Waals surface area contributed by atoms with Crippen LogP contribution in [0.25, 0.3) is 0 Å². The van der Waals surface area contributed by atoms with Crippen LogP contribution in [0.1, 0.15) is 37.8 Å².